The molecular formula is C11H14O2. The zero-order valence-electron chi connectivity index (χ0n) is 7.82. The molecule has 70 valence electrons. The van der Waals surface area contributed by atoms with Crippen molar-refractivity contribution in [1.82, 2.24) is 0 Å². The molecule has 0 N–H and O–H groups in total. The molecule has 2 heteroatoms. The Morgan fingerprint density at radius 1 is 1.31 bits per heavy atom. The lowest BCUT2D eigenvalue weighted by atomic mass is 10.1. The number of carbonyl (C=O) groups is 1. The van der Waals surface area contributed by atoms with Gasteiger partial charge in [-0.15, -0.1) is 0 Å². The van der Waals surface area contributed by atoms with Crippen LogP contribution < -0.4 is 4.74 Å². The van der Waals surface area contributed by atoms with Crippen LogP contribution in [0.3, 0.4) is 0 Å². The molecule has 13 heavy (non-hydrogen) atoms. The van der Waals surface area contributed by atoms with Gasteiger partial charge >= 0.3 is 0 Å². The number of rotatable bonds is 5. The third-order valence-corrected chi connectivity index (χ3v) is 1.93. The Hall–Kier alpha value is -1.31. The summed E-state index contributed by atoms with van der Waals surface area (Å²) in [5.74, 6) is 0.607. The molecular weight excluding hydrogens is 164 g/mol. The Labute approximate surface area is 78.5 Å². The Bertz CT molecular complexity index is 251. The number of hydrogen-bond donors (Lipinski definition) is 0. The first-order chi connectivity index (χ1) is 6.36. The minimum atomic E-state index is 0.445. The van der Waals surface area contributed by atoms with Gasteiger partial charge in [0.15, 0.2) is 0 Å². The molecule has 0 amide bonds. The van der Waals surface area contributed by atoms with Crippen LogP contribution in [0, 0.1) is 0 Å². The third-order valence-electron chi connectivity index (χ3n) is 1.93. The highest BCUT2D eigenvalue weighted by Gasteiger charge is 1.94. The highest BCUT2D eigenvalue weighted by atomic mass is 16.5. The molecule has 0 saturated heterocycles. The van der Waals surface area contributed by atoms with E-state index in [1.165, 1.54) is 18.4 Å². The van der Waals surface area contributed by atoms with Crippen LogP contribution in [0.4, 0.5) is 0 Å². The number of benzene rings is 1. The number of aryl methyl sites for hydroxylation is 1. The average Bonchev–Trinajstić information content (AvgIpc) is 2.17. The Balaban J connectivity index is 2.53. The molecule has 0 aliphatic carbocycles. The van der Waals surface area contributed by atoms with Crippen LogP contribution in [0.15, 0.2) is 24.3 Å². The van der Waals surface area contributed by atoms with Crippen molar-refractivity contribution in [2.45, 2.75) is 26.2 Å². The molecule has 1 aromatic rings. The second-order valence-corrected chi connectivity index (χ2v) is 2.96. The van der Waals surface area contributed by atoms with Crippen molar-refractivity contribution in [3.05, 3.63) is 29.8 Å². The zero-order chi connectivity index (χ0) is 9.52. The van der Waals surface area contributed by atoms with E-state index in [0.717, 1.165) is 6.42 Å². The molecule has 0 heterocycles. The molecule has 0 bridgehead atoms. The van der Waals surface area contributed by atoms with Crippen molar-refractivity contribution in [3.8, 4) is 5.75 Å². The van der Waals surface area contributed by atoms with Gasteiger partial charge in [-0.3, -0.25) is 4.79 Å². The maximum atomic E-state index is 10.0. The van der Waals surface area contributed by atoms with Gasteiger partial charge in [0.25, 0.3) is 6.47 Å². The molecule has 0 radical (unpaired) electrons. The fraction of sp³-hybridized carbons (Fsp3) is 0.364. The van der Waals surface area contributed by atoms with Crippen LogP contribution in [0.2, 0.25) is 0 Å². The highest BCUT2D eigenvalue weighted by Crippen LogP contribution is 2.12. The van der Waals surface area contributed by atoms with Gasteiger partial charge in [-0.25, -0.2) is 0 Å². The van der Waals surface area contributed by atoms with E-state index in [-0.39, 0.29) is 0 Å². The molecule has 0 unspecified atom stereocenters. The summed E-state index contributed by atoms with van der Waals surface area (Å²) in [6.45, 7) is 2.62. The summed E-state index contributed by atoms with van der Waals surface area (Å²) in [7, 11) is 0. The normalized spacial score (nSPS) is 9.62. The van der Waals surface area contributed by atoms with Crippen molar-refractivity contribution < 1.29 is 9.53 Å². The fourth-order valence-electron chi connectivity index (χ4n) is 1.17. The van der Waals surface area contributed by atoms with Gasteiger partial charge in [0.05, 0.1) is 0 Å². The van der Waals surface area contributed by atoms with E-state index in [2.05, 4.69) is 11.7 Å². The first-order valence-electron chi connectivity index (χ1n) is 4.56. The molecule has 0 saturated carbocycles. The lowest BCUT2D eigenvalue weighted by Crippen LogP contribution is -1.89. The molecule has 0 fully saturated rings. The summed E-state index contributed by atoms with van der Waals surface area (Å²) in [5, 5.41) is 0. The molecule has 2 nitrogen and oxygen atoms in total. The zero-order valence-corrected chi connectivity index (χ0v) is 7.82. The Morgan fingerprint density at radius 2 is 2.00 bits per heavy atom. The van der Waals surface area contributed by atoms with Crippen LogP contribution in [-0.2, 0) is 11.2 Å². The van der Waals surface area contributed by atoms with Gasteiger partial charge in [0.2, 0.25) is 0 Å². The lowest BCUT2D eigenvalue weighted by molar-refractivity contribution is -0.120. The number of unbranched alkanes of at least 4 members (excludes halogenated alkanes) is 1. The Morgan fingerprint density at radius 3 is 2.54 bits per heavy atom. The monoisotopic (exact) mass is 178 g/mol. The van der Waals surface area contributed by atoms with E-state index in [4.69, 9.17) is 0 Å². The minimum Gasteiger partial charge on any atom is -0.429 e. The SMILES string of the molecule is CCCCc1ccc(OC=O)cc1. The topological polar surface area (TPSA) is 26.3 Å². The quantitative estimate of drug-likeness (QED) is 0.648. The minimum absolute atomic E-state index is 0.445. The third kappa shape index (κ3) is 3.28. The van der Waals surface area contributed by atoms with Crippen molar-refractivity contribution in [2.24, 2.45) is 0 Å². The van der Waals surface area contributed by atoms with E-state index in [0.29, 0.717) is 12.2 Å². The average molecular weight is 178 g/mol. The number of hydrogen-bond acceptors (Lipinski definition) is 2. The van der Waals surface area contributed by atoms with E-state index >= 15 is 0 Å². The van der Waals surface area contributed by atoms with Gasteiger partial charge in [-0.1, -0.05) is 25.5 Å². The van der Waals surface area contributed by atoms with Gasteiger partial charge in [0.1, 0.15) is 5.75 Å². The van der Waals surface area contributed by atoms with E-state index in [9.17, 15) is 4.79 Å². The highest BCUT2D eigenvalue weighted by molar-refractivity contribution is 5.45. The summed E-state index contributed by atoms with van der Waals surface area (Å²) >= 11 is 0. The molecule has 0 atom stereocenters. The predicted molar refractivity (Wildman–Crippen MR) is 51.7 cm³/mol. The van der Waals surface area contributed by atoms with Crippen molar-refractivity contribution >= 4 is 6.47 Å². The second kappa shape index (κ2) is 5.36. The summed E-state index contributed by atoms with van der Waals surface area (Å²) < 4.78 is 4.68. The number of ether oxygens (including phenoxy) is 1. The lowest BCUT2D eigenvalue weighted by Gasteiger charge is -2.00. The van der Waals surface area contributed by atoms with Gasteiger partial charge in [-0.2, -0.15) is 0 Å². The summed E-state index contributed by atoms with van der Waals surface area (Å²) in [4.78, 5) is 10.0. The maximum Gasteiger partial charge on any atom is 0.298 e. The van der Waals surface area contributed by atoms with Crippen LogP contribution in [0.25, 0.3) is 0 Å². The Kier molecular flexibility index (Phi) is 4.03. The van der Waals surface area contributed by atoms with Crippen LogP contribution in [-0.4, -0.2) is 6.47 Å². The largest absolute Gasteiger partial charge is 0.429 e. The molecule has 1 aromatic carbocycles. The first kappa shape index (κ1) is 9.78. The van der Waals surface area contributed by atoms with Crippen molar-refractivity contribution in [3.63, 3.8) is 0 Å². The van der Waals surface area contributed by atoms with E-state index < -0.39 is 0 Å². The number of carbonyl (C=O) groups excluding carboxylic acids is 1. The van der Waals surface area contributed by atoms with Crippen LogP contribution in [0.5, 0.6) is 5.75 Å². The van der Waals surface area contributed by atoms with Crippen LogP contribution >= 0.6 is 0 Å². The van der Waals surface area contributed by atoms with Crippen molar-refractivity contribution in [1.29, 1.82) is 0 Å². The summed E-state index contributed by atoms with van der Waals surface area (Å²) in [6.07, 6.45) is 3.50. The maximum absolute atomic E-state index is 10.0. The molecule has 0 aromatic heterocycles. The molecule has 0 aliphatic heterocycles. The first-order valence-corrected chi connectivity index (χ1v) is 4.56. The second-order valence-electron chi connectivity index (χ2n) is 2.96. The van der Waals surface area contributed by atoms with Crippen LogP contribution in [0.1, 0.15) is 25.3 Å². The fourth-order valence-corrected chi connectivity index (χ4v) is 1.17. The van der Waals surface area contributed by atoms with E-state index in [1.807, 2.05) is 24.3 Å². The molecule has 1 rings (SSSR count). The smallest absolute Gasteiger partial charge is 0.298 e. The summed E-state index contributed by atoms with van der Waals surface area (Å²) in [5.41, 5.74) is 1.29. The van der Waals surface area contributed by atoms with Gasteiger partial charge < -0.3 is 4.74 Å². The van der Waals surface area contributed by atoms with E-state index in [1.54, 1.807) is 0 Å². The predicted octanol–water partition coefficient (Wildman–Crippen LogP) is 2.56. The van der Waals surface area contributed by atoms with Crippen molar-refractivity contribution in [2.75, 3.05) is 0 Å². The summed E-state index contributed by atoms with van der Waals surface area (Å²) in [6, 6.07) is 7.63. The standard InChI is InChI=1S/C11H14O2/c1-2-3-4-10-5-7-11(8-6-10)13-9-12/h5-9H,2-4H2,1H3. The molecule has 0 spiro atoms. The van der Waals surface area contributed by atoms with Gasteiger partial charge in [0, 0.05) is 0 Å². The van der Waals surface area contributed by atoms with Gasteiger partial charge in [-0.05, 0) is 30.5 Å². The molecule has 0 aliphatic rings.